The molecule has 1 fully saturated rings. The van der Waals surface area contributed by atoms with Crippen molar-refractivity contribution in [3.05, 3.63) is 35.4 Å². The maximum absolute atomic E-state index is 12.1. The first-order chi connectivity index (χ1) is 8.61. The van der Waals surface area contributed by atoms with Crippen molar-refractivity contribution >= 4 is 11.8 Å². The number of likely N-dealkylation sites (tertiary alicyclic amines) is 1. The molecule has 18 heavy (non-hydrogen) atoms. The van der Waals surface area contributed by atoms with Gasteiger partial charge < -0.3 is 10.6 Å². The van der Waals surface area contributed by atoms with E-state index in [0.29, 0.717) is 30.6 Å². The van der Waals surface area contributed by atoms with Crippen LogP contribution in [-0.4, -0.2) is 29.8 Å². The average Bonchev–Trinajstić information content (AvgIpc) is 2.87. The van der Waals surface area contributed by atoms with Crippen LogP contribution in [0.5, 0.6) is 0 Å². The molecule has 0 aromatic heterocycles. The molecule has 92 valence electrons. The molecule has 1 atom stereocenters. The van der Waals surface area contributed by atoms with Crippen LogP contribution in [0, 0.1) is 17.2 Å². The summed E-state index contributed by atoms with van der Waals surface area (Å²) in [5.74, 6) is -0.778. The highest BCUT2D eigenvalue weighted by Crippen LogP contribution is 2.18. The standard InChI is InChI=1S/C13H13N3O2/c14-7-9-2-1-3-10(6-9)13(18)16-5-4-11(8-16)12(15)17/h1-3,6,11H,4-5,8H2,(H2,15,17). The Labute approximate surface area is 105 Å². The average molecular weight is 243 g/mol. The van der Waals surface area contributed by atoms with Crippen LogP contribution in [0.15, 0.2) is 24.3 Å². The van der Waals surface area contributed by atoms with Crippen LogP contribution in [0.4, 0.5) is 0 Å². The van der Waals surface area contributed by atoms with Gasteiger partial charge in [0, 0.05) is 18.7 Å². The van der Waals surface area contributed by atoms with Crippen molar-refractivity contribution < 1.29 is 9.59 Å². The molecule has 0 saturated carbocycles. The highest BCUT2D eigenvalue weighted by atomic mass is 16.2. The second-order valence-electron chi connectivity index (χ2n) is 4.33. The summed E-state index contributed by atoms with van der Waals surface area (Å²) in [6, 6.07) is 8.54. The molecule has 0 spiro atoms. The number of carbonyl (C=O) groups excluding carboxylic acids is 2. The van der Waals surface area contributed by atoms with Crippen molar-refractivity contribution in [2.24, 2.45) is 11.7 Å². The first-order valence-corrected chi connectivity index (χ1v) is 5.70. The van der Waals surface area contributed by atoms with E-state index in [1.807, 2.05) is 6.07 Å². The van der Waals surface area contributed by atoms with E-state index in [4.69, 9.17) is 11.0 Å². The van der Waals surface area contributed by atoms with Gasteiger partial charge in [0.1, 0.15) is 0 Å². The van der Waals surface area contributed by atoms with Gasteiger partial charge in [-0.1, -0.05) is 6.07 Å². The summed E-state index contributed by atoms with van der Waals surface area (Å²) in [5.41, 5.74) is 6.15. The van der Waals surface area contributed by atoms with Crippen LogP contribution < -0.4 is 5.73 Å². The van der Waals surface area contributed by atoms with E-state index in [1.54, 1.807) is 29.2 Å². The molecule has 2 N–H and O–H groups in total. The quantitative estimate of drug-likeness (QED) is 0.820. The lowest BCUT2D eigenvalue weighted by Gasteiger charge is -2.15. The summed E-state index contributed by atoms with van der Waals surface area (Å²) in [7, 11) is 0. The zero-order valence-corrected chi connectivity index (χ0v) is 9.80. The van der Waals surface area contributed by atoms with Crippen LogP contribution in [0.3, 0.4) is 0 Å². The first-order valence-electron chi connectivity index (χ1n) is 5.70. The van der Waals surface area contributed by atoms with Crippen molar-refractivity contribution in [1.82, 2.24) is 4.90 Å². The minimum absolute atomic E-state index is 0.157. The molecule has 2 rings (SSSR count). The van der Waals surface area contributed by atoms with Gasteiger partial charge >= 0.3 is 0 Å². The Morgan fingerprint density at radius 2 is 2.22 bits per heavy atom. The molecular formula is C13H13N3O2. The Morgan fingerprint density at radius 3 is 2.83 bits per heavy atom. The lowest BCUT2D eigenvalue weighted by molar-refractivity contribution is -0.121. The van der Waals surface area contributed by atoms with Gasteiger partial charge in [0.2, 0.25) is 5.91 Å². The molecule has 5 nitrogen and oxygen atoms in total. The monoisotopic (exact) mass is 243 g/mol. The van der Waals surface area contributed by atoms with Gasteiger partial charge in [0.05, 0.1) is 17.6 Å². The minimum atomic E-state index is -0.365. The van der Waals surface area contributed by atoms with Crippen LogP contribution in [0.1, 0.15) is 22.3 Å². The van der Waals surface area contributed by atoms with Gasteiger partial charge in [-0.2, -0.15) is 5.26 Å². The number of nitriles is 1. The second kappa shape index (κ2) is 4.88. The van der Waals surface area contributed by atoms with Crippen molar-refractivity contribution in [1.29, 1.82) is 5.26 Å². The van der Waals surface area contributed by atoms with E-state index < -0.39 is 0 Å². The summed E-state index contributed by atoms with van der Waals surface area (Å²) in [5, 5.41) is 8.79. The van der Waals surface area contributed by atoms with Gasteiger partial charge in [-0.25, -0.2) is 0 Å². The van der Waals surface area contributed by atoms with Gasteiger partial charge in [-0.05, 0) is 24.6 Å². The zero-order valence-electron chi connectivity index (χ0n) is 9.80. The van der Waals surface area contributed by atoms with Crippen molar-refractivity contribution in [3.8, 4) is 6.07 Å². The number of nitrogens with two attached hydrogens (primary N) is 1. The number of rotatable bonds is 2. The Bertz CT molecular complexity index is 533. The van der Waals surface area contributed by atoms with E-state index in [0.717, 1.165) is 0 Å². The molecule has 1 aromatic carbocycles. The third-order valence-corrected chi connectivity index (χ3v) is 3.12. The number of hydrogen-bond acceptors (Lipinski definition) is 3. The molecule has 1 aromatic rings. The van der Waals surface area contributed by atoms with Crippen LogP contribution in [0.25, 0.3) is 0 Å². The van der Waals surface area contributed by atoms with Gasteiger partial charge in [0.15, 0.2) is 0 Å². The van der Waals surface area contributed by atoms with Crippen LogP contribution >= 0.6 is 0 Å². The molecule has 0 radical (unpaired) electrons. The first kappa shape index (κ1) is 12.1. The molecule has 0 bridgehead atoms. The summed E-state index contributed by atoms with van der Waals surface area (Å²) >= 11 is 0. The fourth-order valence-corrected chi connectivity index (χ4v) is 2.08. The number of amides is 2. The highest BCUT2D eigenvalue weighted by molar-refractivity contribution is 5.95. The van der Waals surface area contributed by atoms with Crippen molar-refractivity contribution in [3.63, 3.8) is 0 Å². The molecule has 5 heteroatoms. The molecular weight excluding hydrogens is 230 g/mol. The largest absolute Gasteiger partial charge is 0.369 e. The summed E-state index contributed by atoms with van der Waals surface area (Å²) < 4.78 is 0. The predicted octanol–water partition coefficient (Wildman–Crippen LogP) is 0.506. The van der Waals surface area contributed by atoms with Crippen LogP contribution in [0.2, 0.25) is 0 Å². The SMILES string of the molecule is N#Cc1cccc(C(=O)N2CCC(C(N)=O)C2)c1. The third kappa shape index (κ3) is 2.33. The van der Waals surface area contributed by atoms with Gasteiger partial charge in [-0.15, -0.1) is 0 Å². The normalized spacial score (nSPS) is 18.4. The molecule has 0 aliphatic carbocycles. The van der Waals surface area contributed by atoms with E-state index >= 15 is 0 Å². The number of hydrogen-bond donors (Lipinski definition) is 1. The van der Waals surface area contributed by atoms with Crippen molar-refractivity contribution in [2.45, 2.75) is 6.42 Å². The number of carbonyl (C=O) groups is 2. The summed E-state index contributed by atoms with van der Waals surface area (Å²) in [6.07, 6.45) is 0.610. The molecule has 1 aliphatic rings. The zero-order chi connectivity index (χ0) is 13.1. The fraction of sp³-hybridized carbons (Fsp3) is 0.308. The van der Waals surface area contributed by atoms with E-state index in [9.17, 15) is 9.59 Å². The number of primary amides is 1. The lowest BCUT2D eigenvalue weighted by Crippen LogP contribution is -2.31. The number of nitrogens with zero attached hydrogens (tertiary/aromatic N) is 2. The number of benzene rings is 1. The smallest absolute Gasteiger partial charge is 0.253 e. The van der Waals surface area contributed by atoms with Crippen LogP contribution in [-0.2, 0) is 4.79 Å². The Balaban J connectivity index is 2.13. The Hall–Kier alpha value is -2.35. The van der Waals surface area contributed by atoms with E-state index in [2.05, 4.69) is 0 Å². The Kier molecular flexibility index (Phi) is 3.28. The predicted molar refractivity (Wildman–Crippen MR) is 64.4 cm³/mol. The van der Waals surface area contributed by atoms with Gasteiger partial charge in [-0.3, -0.25) is 9.59 Å². The topological polar surface area (TPSA) is 87.2 Å². The summed E-state index contributed by atoms with van der Waals surface area (Å²) in [6.45, 7) is 0.897. The van der Waals surface area contributed by atoms with Gasteiger partial charge in [0.25, 0.3) is 5.91 Å². The molecule has 1 aliphatic heterocycles. The molecule has 1 heterocycles. The second-order valence-corrected chi connectivity index (χ2v) is 4.33. The third-order valence-electron chi connectivity index (χ3n) is 3.12. The minimum Gasteiger partial charge on any atom is -0.369 e. The molecule has 2 amide bonds. The maximum atomic E-state index is 12.1. The highest BCUT2D eigenvalue weighted by Gasteiger charge is 2.30. The van der Waals surface area contributed by atoms with E-state index in [-0.39, 0.29) is 17.7 Å². The summed E-state index contributed by atoms with van der Waals surface area (Å²) in [4.78, 5) is 24.8. The Morgan fingerprint density at radius 1 is 1.44 bits per heavy atom. The lowest BCUT2D eigenvalue weighted by atomic mass is 10.1. The molecule has 1 saturated heterocycles. The fourth-order valence-electron chi connectivity index (χ4n) is 2.08. The van der Waals surface area contributed by atoms with E-state index in [1.165, 1.54) is 0 Å². The maximum Gasteiger partial charge on any atom is 0.253 e. The van der Waals surface area contributed by atoms with Crippen molar-refractivity contribution in [2.75, 3.05) is 13.1 Å². The molecule has 1 unspecified atom stereocenters.